The zero-order valence-electron chi connectivity index (χ0n) is 25.0. The fourth-order valence-electron chi connectivity index (χ4n) is 5.71. The lowest BCUT2D eigenvalue weighted by molar-refractivity contribution is -0.384. The second-order valence-corrected chi connectivity index (χ2v) is 14.4. The van der Waals surface area contributed by atoms with Crippen molar-refractivity contribution in [2.24, 2.45) is 11.1 Å². The smallest absolute Gasteiger partial charge is 0.308 e. The Balaban J connectivity index is 1.39. The quantitative estimate of drug-likeness (QED) is 0.146. The van der Waals surface area contributed by atoms with Crippen LogP contribution >= 0.6 is 23.1 Å². The second-order valence-electron chi connectivity index (χ2n) is 10.7. The molecule has 0 spiro atoms. The van der Waals surface area contributed by atoms with Gasteiger partial charge in [0.1, 0.15) is 11.8 Å². The number of non-ortho nitro benzene ring substituents is 1. The van der Waals surface area contributed by atoms with Crippen LogP contribution in [0.3, 0.4) is 0 Å². The van der Waals surface area contributed by atoms with Gasteiger partial charge in [-0.1, -0.05) is 29.2 Å². The number of nitro benzene ring substituents is 1. The van der Waals surface area contributed by atoms with Crippen LogP contribution in [-0.2, 0) is 31.0 Å². The molecule has 3 amide bonds. The van der Waals surface area contributed by atoms with Gasteiger partial charge in [0.2, 0.25) is 27.7 Å². The highest BCUT2D eigenvalue weighted by Crippen LogP contribution is 2.54. The molecule has 15 nitrogen and oxygen atoms in total. The van der Waals surface area contributed by atoms with E-state index in [0.29, 0.717) is 27.0 Å². The first-order chi connectivity index (χ1) is 22.8. The molecule has 6 rings (SSSR count). The standard InChI is InChI=1S/C30H25N5O10S3/c1-44-20-12-3-15(13-21(20)45-2)23-24-25(28(38)34(27(24)37)17-6-8-18(9-7-17)35(40)41)46-29-26(23)47-30(39)33(29)14-22(36)32-16-4-10-19(11-5-16)48(31,42)43/h3-13,23-25H,14H2,1-2H3,(H,32,36)(H2,31,42,43)/t23-,24+,25-/m0/s1. The Morgan fingerprint density at radius 3 is 2.25 bits per heavy atom. The molecule has 1 saturated heterocycles. The zero-order chi connectivity index (χ0) is 34.5. The number of hydrogen-bond acceptors (Lipinski definition) is 12. The Labute approximate surface area is 280 Å². The Kier molecular flexibility index (Phi) is 8.58. The predicted molar refractivity (Wildman–Crippen MR) is 175 cm³/mol. The number of imide groups is 1. The van der Waals surface area contributed by atoms with Crippen molar-refractivity contribution in [3.05, 3.63) is 97.0 Å². The van der Waals surface area contributed by atoms with E-state index in [2.05, 4.69) is 5.32 Å². The first-order valence-corrected chi connectivity index (χ1v) is 17.2. The monoisotopic (exact) mass is 711 g/mol. The molecule has 3 aromatic carbocycles. The normalized spacial score (nSPS) is 18.6. The SMILES string of the molecule is COc1ccc([C@@H]2c3sc(=O)n(CC(=O)Nc4ccc(S(N)(=O)=O)cc4)c3S[C@@H]3C(=O)N(c4ccc([N+](=O)[O-])cc4)C(=O)[C@H]23)cc1OC. The number of rotatable bonds is 9. The summed E-state index contributed by atoms with van der Waals surface area (Å²) in [6.45, 7) is -0.446. The van der Waals surface area contributed by atoms with Crippen molar-refractivity contribution in [1.82, 2.24) is 4.57 Å². The van der Waals surface area contributed by atoms with E-state index in [1.165, 1.54) is 67.3 Å². The Morgan fingerprint density at radius 1 is 0.979 bits per heavy atom. The number of nitrogens with one attached hydrogen (secondary N) is 1. The molecular weight excluding hydrogens is 687 g/mol. The van der Waals surface area contributed by atoms with E-state index in [9.17, 15) is 37.7 Å². The summed E-state index contributed by atoms with van der Waals surface area (Å²) >= 11 is 1.85. The molecule has 4 aromatic rings. The van der Waals surface area contributed by atoms with Crippen LogP contribution in [-0.4, -0.2) is 55.1 Å². The van der Waals surface area contributed by atoms with Crippen LogP contribution in [0.5, 0.6) is 11.5 Å². The number of primary sulfonamides is 1. The first-order valence-electron chi connectivity index (χ1n) is 14.0. The van der Waals surface area contributed by atoms with Crippen molar-refractivity contribution in [2.45, 2.75) is 27.6 Å². The molecule has 3 atom stereocenters. The highest BCUT2D eigenvalue weighted by atomic mass is 32.2. The summed E-state index contributed by atoms with van der Waals surface area (Å²) < 4.78 is 35.3. The van der Waals surface area contributed by atoms with Crippen molar-refractivity contribution in [3.63, 3.8) is 0 Å². The lowest BCUT2D eigenvalue weighted by Gasteiger charge is -2.31. The molecule has 1 fully saturated rings. The number of thioether (sulfide) groups is 1. The van der Waals surface area contributed by atoms with Crippen LogP contribution in [0.15, 0.2) is 81.4 Å². The molecule has 0 saturated carbocycles. The largest absolute Gasteiger partial charge is 0.493 e. The van der Waals surface area contributed by atoms with Crippen LogP contribution in [0.2, 0.25) is 0 Å². The minimum Gasteiger partial charge on any atom is -0.493 e. The molecule has 0 radical (unpaired) electrons. The summed E-state index contributed by atoms with van der Waals surface area (Å²) in [5, 5.41) is 18.3. The number of sulfonamides is 1. The van der Waals surface area contributed by atoms with Crippen molar-refractivity contribution in [1.29, 1.82) is 0 Å². The topological polar surface area (TPSA) is 210 Å². The van der Waals surface area contributed by atoms with E-state index in [-0.39, 0.29) is 22.0 Å². The van der Waals surface area contributed by atoms with Crippen LogP contribution in [0.1, 0.15) is 16.4 Å². The van der Waals surface area contributed by atoms with Crippen molar-refractivity contribution >= 4 is 67.9 Å². The van der Waals surface area contributed by atoms with E-state index < -0.39 is 61.2 Å². The first kappa shape index (κ1) is 32.9. The summed E-state index contributed by atoms with van der Waals surface area (Å²) in [5.74, 6) is -2.74. The molecule has 0 aliphatic carbocycles. The number of aromatic nitrogens is 1. The third kappa shape index (κ3) is 5.83. The fraction of sp³-hybridized carbons (Fsp3) is 0.200. The molecular formula is C30H25N5O10S3. The minimum absolute atomic E-state index is 0.144. The Bertz CT molecular complexity index is 2150. The Hall–Kier alpha value is -5.04. The number of carbonyl (C=O) groups excluding carboxylic acids is 3. The summed E-state index contributed by atoms with van der Waals surface area (Å²) in [7, 11) is -1.03. The molecule has 18 heteroatoms. The van der Waals surface area contributed by atoms with Crippen molar-refractivity contribution < 1.29 is 37.2 Å². The van der Waals surface area contributed by atoms with Gasteiger partial charge in [0.05, 0.1) is 40.7 Å². The van der Waals surface area contributed by atoms with Gasteiger partial charge in [-0.05, 0) is 54.1 Å². The number of anilines is 2. The molecule has 3 N–H and O–H groups in total. The number of nitrogens with two attached hydrogens (primary N) is 1. The number of thiazole rings is 1. The summed E-state index contributed by atoms with van der Waals surface area (Å²) in [5.41, 5.74) is 0.766. The molecule has 48 heavy (non-hydrogen) atoms. The van der Waals surface area contributed by atoms with Gasteiger partial charge in [-0.15, -0.1) is 0 Å². The van der Waals surface area contributed by atoms with E-state index in [4.69, 9.17) is 14.6 Å². The third-order valence-corrected chi connectivity index (χ3v) is 11.4. The van der Waals surface area contributed by atoms with Gasteiger partial charge >= 0.3 is 4.87 Å². The second kappa shape index (κ2) is 12.5. The maximum atomic E-state index is 14.1. The molecule has 0 bridgehead atoms. The number of hydrogen-bond donors (Lipinski definition) is 2. The van der Waals surface area contributed by atoms with Crippen LogP contribution < -0.4 is 29.7 Å². The highest BCUT2D eigenvalue weighted by Gasteiger charge is 2.57. The highest BCUT2D eigenvalue weighted by molar-refractivity contribution is 8.00. The maximum Gasteiger partial charge on any atom is 0.308 e. The minimum atomic E-state index is -3.94. The van der Waals surface area contributed by atoms with E-state index in [1.54, 1.807) is 18.2 Å². The van der Waals surface area contributed by atoms with Crippen molar-refractivity contribution in [3.8, 4) is 11.5 Å². The Morgan fingerprint density at radius 2 is 1.65 bits per heavy atom. The van der Waals surface area contributed by atoms with Gasteiger partial charge in [-0.25, -0.2) is 18.5 Å². The van der Waals surface area contributed by atoms with Crippen LogP contribution in [0.4, 0.5) is 17.1 Å². The molecule has 2 aliphatic rings. The number of methoxy groups -OCH3 is 2. The number of benzene rings is 3. The number of nitrogens with zero attached hydrogens (tertiary/aromatic N) is 3. The van der Waals surface area contributed by atoms with Crippen molar-refractivity contribution in [2.75, 3.05) is 24.4 Å². The summed E-state index contributed by atoms with van der Waals surface area (Å²) in [6.07, 6.45) is 0. The predicted octanol–water partition coefficient (Wildman–Crippen LogP) is 2.92. The van der Waals surface area contributed by atoms with Crippen LogP contribution in [0, 0.1) is 16.0 Å². The van der Waals surface area contributed by atoms with Gasteiger partial charge in [-0.2, -0.15) is 0 Å². The molecule has 1 aromatic heterocycles. The van der Waals surface area contributed by atoms with Gasteiger partial charge < -0.3 is 14.8 Å². The van der Waals surface area contributed by atoms with E-state index in [1.807, 2.05) is 0 Å². The lowest BCUT2D eigenvalue weighted by atomic mass is 9.83. The maximum absolute atomic E-state index is 14.1. The van der Waals surface area contributed by atoms with Gasteiger partial charge in [0.15, 0.2) is 11.5 Å². The summed E-state index contributed by atoms with van der Waals surface area (Å²) in [4.78, 5) is 66.1. The molecule has 2 aliphatic heterocycles. The molecule has 248 valence electrons. The van der Waals surface area contributed by atoms with Gasteiger partial charge in [0.25, 0.3) is 5.69 Å². The zero-order valence-corrected chi connectivity index (χ0v) is 27.5. The van der Waals surface area contributed by atoms with Gasteiger partial charge in [-0.3, -0.25) is 33.9 Å². The number of carbonyl (C=O) groups is 3. The lowest BCUT2D eigenvalue weighted by Crippen LogP contribution is -2.33. The average molecular weight is 712 g/mol. The molecule has 3 heterocycles. The number of ether oxygens (including phenoxy) is 2. The van der Waals surface area contributed by atoms with E-state index in [0.717, 1.165) is 28.0 Å². The van der Waals surface area contributed by atoms with Gasteiger partial charge in [0, 0.05) is 28.6 Å². The fourth-order valence-corrected chi connectivity index (χ4v) is 9.00. The third-order valence-electron chi connectivity index (χ3n) is 7.90. The number of amides is 3. The molecule has 0 unspecified atom stereocenters. The van der Waals surface area contributed by atoms with Crippen LogP contribution in [0.25, 0.3) is 0 Å². The number of fused-ring (bicyclic) bond motifs is 2. The average Bonchev–Trinajstić information content (AvgIpc) is 3.50. The summed E-state index contributed by atoms with van der Waals surface area (Å²) in [6, 6.07) is 15.2. The number of nitro groups is 1. The van der Waals surface area contributed by atoms with E-state index >= 15 is 0 Å².